The summed E-state index contributed by atoms with van der Waals surface area (Å²) in [5.41, 5.74) is 1.78. The fraction of sp³-hybridized carbons (Fsp3) is 0.381. The van der Waals surface area contributed by atoms with Gasteiger partial charge < -0.3 is 10.1 Å². The molecule has 0 saturated carbocycles. The summed E-state index contributed by atoms with van der Waals surface area (Å²) in [5, 5.41) is 3.62. The van der Waals surface area contributed by atoms with Gasteiger partial charge in [-0.25, -0.2) is 4.98 Å². The lowest BCUT2D eigenvalue weighted by Crippen LogP contribution is -2.24. The van der Waals surface area contributed by atoms with E-state index in [1.165, 1.54) is 16.9 Å². The van der Waals surface area contributed by atoms with Gasteiger partial charge in [0, 0.05) is 17.8 Å². The van der Waals surface area contributed by atoms with E-state index < -0.39 is 0 Å². The highest BCUT2D eigenvalue weighted by Gasteiger charge is 2.20. The van der Waals surface area contributed by atoms with Gasteiger partial charge in [-0.15, -0.1) is 11.3 Å². The second-order valence-corrected chi connectivity index (χ2v) is 7.95. The SMILES string of the molecule is CCOc1ccccc1NC(=O)CCn1cnc2sc3c(c2c1=O)CCCC3. The van der Waals surface area contributed by atoms with Crippen LogP contribution in [0.15, 0.2) is 35.4 Å². The van der Waals surface area contributed by atoms with Crippen molar-refractivity contribution in [2.45, 2.75) is 45.6 Å². The molecule has 0 unspecified atom stereocenters. The molecule has 7 heteroatoms. The maximum atomic E-state index is 12.9. The molecule has 28 heavy (non-hydrogen) atoms. The predicted molar refractivity (Wildman–Crippen MR) is 111 cm³/mol. The van der Waals surface area contributed by atoms with Gasteiger partial charge in [0.1, 0.15) is 10.6 Å². The topological polar surface area (TPSA) is 73.2 Å². The van der Waals surface area contributed by atoms with Crippen LogP contribution in [0.1, 0.15) is 36.6 Å². The highest BCUT2D eigenvalue weighted by atomic mass is 32.1. The van der Waals surface area contributed by atoms with Crippen LogP contribution in [0.4, 0.5) is 5.69 Å². The molecular formula is C21H23N3O3S. The second kappa shape index (κ2) is 8.14. The Hall–Kier alpha value is -2.67. The molecular weight excluding hydrogens is 374 g/mol. The van der Waals surface area contributed by atoms with Crippen LogP contribution in [0.2, 0.25) is 0 Å². The average Bonchev–Trinajstić information content (AvgIpc) is 3.08. The van der Waals surface area contributed by atoms with Crippen LogP contribution in [0.5, 0.6) is 5.75 Å². The molecule has 0 saturated heterocycles. The van der Waals surface area contributed by atoms with Crippen molar-refractivity contribution >= 4 is 33.1 Å². The number of rotatable bonds is 6. The Morgan fingerprint density at radius 2 is 2.11 bits per heavy atom. The number of carbonyl (C=O) groups is 1. The number of nitrogens with zero attached hydrogens (tertiary/aromatic N) is 2. The lowest BCUT2D eigenvalue weighted by molar-refractivity contribution is -0.116. The number of anilines is 1. The first kappa shape index (κ1) is 18.7. The third-order valence-corrected chi connectivity index (χ3v) is 6.18. The van der Waals surface area contributed by atoms with E-state index >= 15 is 0 Å². The van der Waals surface area contributed by atoms with E-state index in [-0.39, 0.29) is 17.9 Å². The maximum Gasteiger partial charge on any atom is 0.262 e. The predicted octanol–water partition coefficient (Wildman–Crippen LogP) is 3.76. The number of fused-ring (bicyclic) bond motifs is 3. The van der Waals surface area contributed by atoms with Crippen molar-refractivity contribution in [1.82, 2.24) is 9.55 Å². The van der Waals surface area contributed by atoms with Crippen molar-refractivity contribution in [3.05, 3.63) is 51.4 Å². The standard InChI is InChI=1S/C21H23N3O3S/c1-2-27-16-9-5-4-8-15(16)23-18(25)11-12-24-13-22-20-19(21(24)26)14-7-3-6-10-17(14)28-20/h4-5,8-9,13H,2-3,6-7,10-12H2,1H3,(H,23,25). The molecule has 146 valence electrons. The highest BCUT2D eigenvalue weighted by Crippen LogP contribution is 2.33. The van der Waals surface area contributed by atoms with Gasteiger partial charge in [0.25, 0.3) is 5.56 Å². The Balaban J connectivity index is 1.49. The summed E-state index contributed by atoms with van der Waals surface area (Å²) in [4.78, 5) is 31.9. The Kier molecular flexibility index (Phi) is 5.43. The molecule has 4 rings (SSSR count). The lowest BCUT2D eigenvalue weighted by Gasteiger charge is -2.12. The fourth-order valence-corrected chi connectivity index (χ4v) is 4.85. The number of ether oxygens (including phenoxy) is 1. The van der Waals surface area contributed by atoms with Crippen molar-refractivity contribution in [1.29, 1.82) is 0 Å². The first-order valence-corrected chi connectivity index (χ1v) is 10.5. The molecule has 0 radical (unpaired) electrons. The van der Waals surface area contributed by atoms with E-state index in [9.17, 15) is 9.59 Å². The van der Waals surface area contributed by atoms with Gasteiger partial charge in [-0.1, -0.05) is 12.1 Å². The average molecular weight is 398 g/mol. The van der Waals surface area contributed by atoms with Crippen molar-refractivity contribution in [2.24, 2.45) is 0 Å². The minimum atomic E-state index is -0.161. The van der Waals surface area contributed by atoms with Gasteiger partial charge in [-0.3, -0.25) is 14.2 Å². The van der Waals surface area contributed by atoms with Gasteiger partial charge >= 0.3 is 0 Å². The number of hydrogen-bond donors (Lipinski definition) is 1. The van der Waals surface area contributed by atoms with E-state index in [0.29, 0.717) is 24.6 Å². The Bertz CT molecular complexity index is 1070. The Morgan fingerprint density at radius 1 is 1.29 bits per heavy atom. The molecule has 0 bridgehead atoms. The van der Waals surface area contributed by atoms with Crippen LogP contribution >= 0.6 is 11.3 Å². The van der Waals surface area contributed by atoms with E-state index in [0.717, 1.165) is 29.5 Å². The van der Waals surface area contributed by atoms with E-state index in [2.05, 4.69) is 10.3 Å². The van der Waals surface area contributed by atoms with Gasteiger partial charge in [0.15, 0.2) is 0 Å². The van der Waals surface area contributed by atoms with Gasteiger partial charge in [-0.05, 0) is 50.3 Å². The van der Waals surface area contributed by atoms with E-state index in [1.807, 2.05) is 25.1 Å². The lowest BCUT2D eigenvalue weighted by atomic mass is 9.97. The minimum absolute atomic E-state index is 0.0353. The number of hydrogen-bond acceptors (Lipinski definition) is 5. The molecule has 3 aromatic rings. The Labute approximate surface area is 167 Å². The van der Waals surface area contributed by atoms with Crippen LogP contribution in [0.3, 0.4) is 0 Å². The second-order valence-electron chi connectivity index (χ2n) is 6.86. The van der Waals surface area contributed by atoms with E-state index in [4.69, 9.17) is 4.74 Å². The van der Waals surface area contributed by atoms with E-state index in [1.54, 1.807) is 28.3 Å². The highest BCUT2D eigenvalue weighted by molar-refractivity contribution is 7.18. The summed E-state index contributed by atoms with van der Waals surface area (Å²) in [6.45, 7) is 2.73. The molecule has 0 atom stereocenters. The quantitative estimate of drug-likeness (QED) is 0.687. The summed E-state index contributed by atoms with van der Waals surface area (Å²) in [5.74, 6) is 0.481. The van der Waals surface area contributed by atoms with Crippen molar-refractivity contribution in [2.75, 3.05) is 11.9 Å². The molecule has 1 amide bonds. The largest absolute Gasteiger partial charge is 0.492 e. The number of nitrogens with one attached hydrogen (secondary N) is 1. The van der Waals surface area contributed by atoms with Gasteiger partial charge in [0.05, 0.1) is 24.0 Å². The number of carbonyl (C=O) groups excluding carboxylic acids is 1. The third kappa shape index (κ3) is 3.67. The zero-order valence-corrected chi connectivity index (χ0v) is 16.7. The summed E-state index contributed by atoms with van der Waals surface area (Å²) in [7, 11) is 0. The van der Waals surface area contributed by atoms with Crippen LogP contribution in [-0.2, 0) is 24.2 Å². The number of aryl methyl sites for hydroxylation is 3. The van der Waals surface area contributed by atoms with Crippen LogP contribution in [0, 0.1) is 0 Å². The minimum Gasteiger partial charge on any atom is -0.492 e. The molecule has 2 heterocycles. The zero-order chi connectivity index (χ0) is 19.5. The normalized spacial score (nSPS) is 13.3. The number of thiophene rings is 1. The van der Waals surface area contributed by atoms with Crippen molar-refractivity contribution < 1.29 is 9.53 Å². The molecule has 0 fully saturated rings. The summed E-state index contributed by atoms with van der Waals surface area (Å²) in [6, 6.07) is 7.34. The van der Waals surface area contributed by atoms with Crippen LogP contribution in [0.25, 0.3) is 10.2 Å². The molecule has 0 spiro atoms. The molecule has 1 aliphatic carbocycles. The molecule has 0 aliphatic heterocycles. The van der Waals surface area contributed by atoms with Gasteiger partial charge in [0.2, 0.25) is 5.91 Å². The third-order valence-electron chi connectivity index (χ3n) is 4.98. The number of para-hydroxylation sites is 2. The Morgan fingerprint density at radius 3 is 2.96 bits per heavy atom. The summed E-state index contributed by atoms with van der Waals surface area (Å²) >= 11 is 1.64. The first-order valence-electron chi connectivity index (χ1n) is 9.68. The number of aromatic nitrogens is 2. The number of amides is 1. The smallest absolute Gasteiger partial charge is 0.262 e. The summed E-state index contributed by atoms with van der Waals surface area (Å²) in [6.07, 6.45) is 6.04. The van der Waals surface area contributed by atoms with Gasteiger partial charge in [-0.2, -0.15) is 0 Å². The number of benzene rings is 1. The fourth-order valence-electron chi connectivity index (χ4n) is 3.63. The molecule has 6 nitrogen and oxygen atoms in total. The monoisotopic (exact) mass is 397 g/mol. The zero-order valence-electron chi connectivity index (χ0n) is 15.9. The molecule has 1 N–H and O–H groups in total. The maximum absolute atomic E-state index is 12.9. The molecule has 2 aromatic heterocycles. The van der Waals surface area contributed by atoms with Crippen LogP contribution < -0.4 is 15.6 Å². The first-order chi connectivity index (χ1) is 13.7. The van der Waals surface area contributed by atoms with Crippen LogP contribution in [-0.4, -0.2) is 22.1 Å². The molecule has 1 aliphatic rings. The molecule has 1 aromatic carbocycles. The van der Waals surface area contributed by atoms with Crippen molar-refractivity contribution in [3.8, 4) is 5.75 Å². The van der Waals surface area contributed by atoms with Crippen molar-refractivity contribution in [3.63, 3.8) is 0 Å². The summed E-state index contributed by atoms with van der Waals surface area (Å²) < 4.78 is 7.09.